The molecular weight excluding hydrogens is 230 g/mol. The van der Waals surface area contributed by atoms with E-state index in [2.05, 4.69) is 10.9 Å². The normalized spacial score (nSPS) is 11.1. The van der Waals surface area contributed by atoms with Gasteiger partial charge in [0.25, 0.3) is 0 Å². The number of nitrogen functional groups attached to an aromatic ring is 1. The van der Waals surface area contributed by atoms with Gasteiger partial charge in [0, 0.05) is 12.2 Å². The maximum atomic E-state index is 11.4. The van der Waals surface area contributed by atoms with E-state index in [9.17, 15) is 4.79 Å². The average molecular weight is 251 g/mol. The monoisotopic (exact) mass is 251 g/mol. The lowest BCUT2D eigenvalue weighted by molar-refractivity contribution is 0.0497. The molecule has 0 aliphatic heterocycles. The SMILES string of the molecule is Cc1cc(N)cc(CNNC(=O)OC(C)(C)C)c1. The molecule has 0 saturated heterocycles. The minimum atomic E-state index is -0.500. The maximum absolute atomic E-state index is 11.4. The van der Waals surface area contributed by atoms with Crippen LogP contribution in [0, 0.1) is 6.92 Å². The predicted molar refractivity (Wildman–Crippen MR) is 71.8 cm³/mol. The Kier molecular flexibility index (Phi) is 4.55. The van der Waals surface area contributed by atoms with Gasteiger partial charge in [-0.3, -0.25) is 5.43 Å². The fourth-order valence-corrected chi connectivity index (χ4v) is 1.52. The molecule has 0 aliphatic rings. The molecule has 0 atom stereocenters. The zero-order valence-electron chi connectivity index (χ0n) is 11.3. The Morgan fingerprint density at radius 2 is 2.00 bits per heavy atom. The van der Waals surface area contributed by atoms with Crippen molar-refractivity contribution in [3.8, 4) is 0 Å². The van der Waals surface area contributed by atoms with Crippen molar-refractivity contribution in [3.63, 3.8) is 0 Å². The van der Waals surface area contributed by atoms with Crippen LogP contribution >= 0.6 is 0 Å². The van der Waals surface area contributed by atoms with Gasteiger partial charge in [-0.15, -0.1) is 0 Å². The van der Waals surface area contributed by atoms with Gasteiger partial charge in [0.2, 0.25) is 0 Å². The van der Waals surface area contributed by atoms with Crippen molar-refractivity contribution in [2.75, 3.05) is 5.73 Å². The molecule has 0 fully saturated rings. The molecule has 0 unspecified atom stereocenters. The number of amides is 1. The van der Waals surface area contributed by atoms with Crippen LogP contribution in [0.25, 0.3) is 0 Å². The Morgan fingerprint density at radius 3 is 2.56 bits per heavy atom. The Bertz CT molecular complexity index is 404. The molecular formula is C13H21N3O2. The smallest absolute Gasteiger partial charge is 0.422 e. The van der Waals surface area contributed by atoms with Crippen molar-refractivity contribution in [1.82, 2.24) is 10.9 Å². The first kappa shape index (κ1) is 14.3. The van der Waals surface area contributed by atoms with Crippen LogP contribution in [0.2, 0.25) is 0 Å². The maximum Gasteiger partial charge on any atom is 0.422 e. The minimum absolute atomic E-state index is 0.491. The van der Waals surface area contributed by atoms with Gasteiger partial charge in [-0.25, -0.2) is 10.2 Å². The van der Waals surface area contributed by atoms with E-state index < -0.39 is 11.7 Å². The highest BCUT2D eigenvalue weighted by Gasteiger charge is 2.15. The second-order valence-electron chi connectivity index (χ2n) is 5.23. The zero-order valence-corrected chi connectivity index (χ0v) is 11.3. The fraction of sp³-hybridized carbons (Fsp3) is 0.462. The molecule has 18 heavy (non-hydrogen) atoms. The summed E-state index contributed by atoms with van der Waals surface area (Å²) in [6.07, 6.45) is -0.497. The molecule has 100 valence electrons. The van der Waals surface area contributed by atoms with Crippen molar-refractivity contribution in [2.45, 2.75) is 39.8 Å². The molecule has 0 radical (unpaired) electrons. The summed E-state index contributed by atoms with van der Waals surface area (Å²) in [5, 5.41) is 0. The first-order chi connectivity index (χ1) is 8.26. The van der Waals surface area contributed by atoms with Crippen LogP contribution in [0.4, 0.5) is 10.5 Å². The number of carbonyl (C=O) groups is 1. The van der Waals surface area contributed by atoms with Crippen LogP contribution < -0.4 is 16.6 Å². The summed E-state index contributed by atoms with van der Waals surface area (Å²) in [7, 11) is 0. The van der Waals surface area contributed by atoms with Gasteiger partial charge >= 0.3 is 6.09 Å². The van der Waals surface area contributed by atoms with E-state index in [0.717, 1.165) is 11.1 Å². The number of anilines is 1. The number of benzene rings is 1. The first-order valence-corrected chi connectivity index (χ1v) is 5.84. The number of carbonyl (C=O) groups excluding carboxylic acids is 1. The summed E-state index contributed by atoms with van der Waals surface area (Å²) >= 11 is 0. The average Bonchev–Trinajstić information content (AvgIpc) is 2.12. The molecule has 1 amide bonds. The summed E-state index contributed by atoms with van der Waals surface area (Å²) in [6, 6.07) is 5.75. The molecule has 5 nitrogen and oxygen atoms in total. The van der Waals surface area contributed by atoms with E-state index in [4.69, 9.17) is 10.5 Å². The van der Waals surface area contributed by atoms with E-state index in [1.54, 1.807) is 0 Å². The summed E-state index contributed by atoms with van der Waals surface area (Å²) in [4.78, 5) is 11.4. The highest BCUT2D eigenvalue weighted by molar-refractivity contribution is 5.67. The van der Waals surface area contributed by atoms with Crippen LogP contribution in [0.15, 0.2) is 18.2 Å². The van der Waals surface area contributed by atoms with Crippen LogP contribution in [0.5, 0.6) is 0 Å². The molecule has 5 heteroatoms. The highest BCUT2D eigenvalue weighted by atomic mass is 16.6. The van der Waals surface area contributed by atoms with E-state index in [0.29, 0.717) is 12.2 Å². The number of ether oxygens (including phenoxy) is 1. The van der Waals surface area contributed by atoms with Crippen molar-refractivity contribution in [2.24, 2.45) is 0 Å². The Morgan fingerprint density at radius 1 is 1.33 bits per heavy atom. The molecule has 0 heterocycles. The number of hydrogen-bond acceptors (Lipinski definition) is 4. The molecule has 0 bridgehead atoms. The van der Waals surface area contributed by atoms with Gasteiger partial charge < -0.3 is 10.5 Å². The second-order valence-corrected chi connectivity index (χ2v) is 5.23. The Hall–Kier alpha value is -1.75. The van der Waals surface area contributed by atoms with E-state index in [1.807, 2.05) is 45.9 Å². The van der Waals surface area contributed by atoms with E-state index in [1.165, 1.54) is 0 Å². The summed E-state index contributed by atoms with van der Waals surface area (Å²) in [6.45, 7) is 7.90. The van der Waals surface area contributed by atoms with Gasteiger partial charge in [-0.2, -0.15) is 0 Å². The second kappa shape index (κ2) is 5.73. The van der Waals surface area contributed by atoms with Crippen molar-refractivity contribution in [3.05, 3.63) is 29.3 Å². The number of nitrogens with two attached hydrogens (primary N) is 1. The first-order valence-electron chi connectivity index (χ1n) is 5.84. The van der Waals surface area contributed by atoms with Crippen LogP contribution in [-0.4, -0.2) is 11.7 Å². The van der Waals surface area contributed by atoms with E-state index >= 15 is 0 Å². The summed E-state index contributed by atoms with van der Waals surface area (Å²) in [5.74, 6) is 0. The largest absolute Gasteiger partial charge is 0.443 e. The molecule has 1 rings (SSSR count). The van der Waals surface area contributed by atoms with Crippen LogP contribution in [0.3, 0.4) is 0 Å². The fourth-order valence-electron chi connectivity index (χ4n) is 1.52. The molecule has 1 aromatic carbocycles. The number of hydrogen-bond donors (Lipinski definition) is 3. The third kappa shape index (κ3) is 5.54. The van der Waals surface area contributed by atoms with Gasteiger partial charge in [0.1, 0.15) is 5.60 Å². The van der Waals surface area contributed by atoms with Crippen molar-refractivity contribution in [1.29, 1.82) is 0 Å². The molecule has 0 spiro atoms. The molecule has 0 saturated carbocycles. The summed E-state index contributed by atoms with van der Waals surface area (Å²) in [5.41, 5.74) is 13.3. The Balaban J connectivity index is 2.40. The molecule has 0 aromatic heterocycles. The highest BCUT2D eigenvalue weighted by Crippen LogP contribution is 2.10. The predicted octanol–water partition coefficient (Wildman–Crippen LogP) is 2.11. The number of aryl methyl sites for hydroxylation is 1. The number of nitrogens with one attached hydrogen (secondary N) is 2. The van der Waals surface area contributed by atoms with Gasteiger partial charge in [0.15, 0.2) is 0 Å². The topological polar surface area (TPSA) is 76.4 Å². The van der Waals surface area contributed by atoms with Gasteiger partial charge in [-0.1, -0.05) is 6.07 Å². The number of rotatable bonds is 3. The quantitative estimate of drug-likeness (QED) is 0.568. The lowest BCUT2D eigenvalue weighted by atomic mass is 10.1. The lowest BCUT2D eigenvalue weighted by Gasteiger charge is -2.19. The standard InChI is InChI=1S/C13H21N3O2/c1-9-5-10(7-11(14)6-9)8-15-16-12(17)18-13(2,3)4/h5-7,15H,8,14H2,1-4H3,(H,16,17). The molecule has 4 N–H and O–H groups in total. The molecule has 0 aliphatic carbocycles. The van der Waals surface area contributed by atoms with Crippen LogP contribution in [-0.2, 0) is 11.3 Å². The molecule has 1 aromatic rings. The van der Waals surface area contributed by atoms with E-state index in [-0.39, 0.29) is 0 Å². The van der Waals surface area contributed by atoms with Gasteiger partial charge in [-0.05, 0) is 51.0 Å². The van der Waals surface area contributed by atoms with Gasteiger partial charge in [0.05, 0.1) is 0 Å². The third-order valence-electron chi connectivity index (χ3n) is 2.04. The van der Waals surface area contributed by atoms with Crippen molar-refractivity contribution < 1.29 is 9.53 Å². The van der Waals surface area contributed by atoms with Crippen molar-refractivity contribution >= 4 is 11.8 Å². The number of hydrazine groups is 1. The third-order valence-corrected chi connectivity index (χ3v) is 2.04. The summed E-state index contributed by atoms with van der Waals surface area (Å²) < 4.78 is 5.09. The van der Waals surface area contributed by atoms with Crippen LogP contribution in [0.1, 0.15) is 31.9 Å². The zero-order chi connectivity index (χ0) is 13.8. The minimum Gasteiger partial charge on any atom is -0.443 e. The Labute approximate surface area is 108 Å². The lowest BCUT2D eigenvalue weighted by Crippen LogP contribution is -2.40.